The number of hydrogen-bond donors (Lipinski definition) is 1. The van der Waals surface area contributed by atoms with Crippen LogP contribution in [0.2, 0.25) is 0 Å². The summed E-state index contributed by atoms with van der Waals surface area (Å²) in [6.07, 6.45) is 2.06. The Morgan fingerprint density at radius 1 is 1.62 bits per heavy atom. The van der Waals surface area contributed by atoms with E-state index >= 15 is 0 Å². The van der Waals surface area contributed by atoms with Crippen molar-refractivity contribution in [3.05, 3.63) is 0 Å². The number of likely N-dealkylation sites (tertiary alicyclic amines) is 1. The molecule has 1 aliphatic rings. The van der Waals surface area contributed by atoms with Gasteiger partial charge in [-0.25, -0.2) is 0 Å². The molecule has 0 spiro atoms. The summed E-state index contributed by atoms with van der Waals surface area (Å²) in [5.74, 6) is 0. The minimum atomic E-state index is -0.330. The zero-order chi connectivity index (χ0) is 10.0. The number of nitrogens with zero attached hydrogens (tertiary/aromatic N) is 1. The van der Waals surface area contributed by atoms with E-state index in [1.807, 2.05) is 0 Å². The third-order valence-electron chi connectivity index (χ3n) is 2.45. The van der Waals surface area contributed by atoms with Crippen LogP contribution in [0.4, 0.5) is 0 Å². The first-order valence-corrected chi connectivity index (χ1v) is 5.80. The second-order valence-electron chi connectivity index (χ2n) is 3.72. The third kappa shape index (κ3) is 2.45. The zero-order valence-electron chi connectivity index (χ0n) is 8.36. The van der Waals surface area contributed by atoms with Crippen molar-refractivity contribution in [2.75, 3.05) is 12.8 Å². The Balaban J connectivity index is 2.66. The number of thioether (sulfide) groups is 1. The lowest BCUT2D eigenvalue weighted by atomic mass is 10.2. The number of β-amino-alcohol motifs (C(OH)–C–C–N with tert-alkyl or cyclic N) is 1. The molecule has 0 saturated carbocycles. The molecule has 0 radical (unpaired) electrons. The van der Waals surface area contributed by atoms with Crippen LogP contribution in [0.15, 0.2) is 0 Å². The molecule has 0 aliphatic carbocycles. The van der Waals surface area contributed by atoms with E-state index in [9.17, 15) is 9.90 Å². The van der Waals surface area contributed by atoms with Crippen LogP contribution in [-0.4, -0.2) is 46.1 Å². The van der Waals surface area contributed by atoms with E-state index in [1.165, 1.54) is 11.8 Å². The lowest BCUT2D eigenvalue weighted by Gasteiger charge is -2.26. The summed E-state index contributed by atoms with van der Waals surface area (Å²) in [5.41, 5.74) is 0. The quantitative estimate of drug-likeness (QED) is 0.718. The monoisotopic (exact) mass is 203 g/mol. The zero-order valence-corrected chi connectivity index (χ0v) is 9.17. The Morgan fingerprint density at radius 2 is 2.23 bits per heavy atom. The highest BCUT2D eigenvalue weighted by Gasteiger charge is 2.36. The van der Waals surface area contributed by atoms with Crippen molar-refractivity contribution in [1.82, 2.24) is 4.90 Å². The van der Waals surface area contributed by atoms with Crippen molar-refractivity contribution in [2.45, 2.75) is 38.5 Å². The Kier molecular flexibility index (Phi) is 3.76. The fourth-order valence-corrected chi connectivity index (χ4v) is 2.28. The van der Waals surface area contributed by atoms with E-state index in [0.29, 0.717) is 19.0 Å². The summed E-state index contributed by atoms with van der Waals surface area (Å²) in [4.78, 5) is 13.6. The van der Waals surface area contributed by atoms with Gasteiger partial charge in [-0.2, -0.15) is 0 Å². The molecule has 4 heteroatoms. The first-order chi connectivity index (χ1) is 6.06. The fourth-order valence-electron chi connectivity index (χ4n) is 1.78. The molecular formula is C9H17NO2S. The average Bonchev–Trinajstić information content (AvgIpc) is 2.46. The van der Waals surface area contributed by atoms with E-state index in [1.54, 1.807) is 6.26 Å². The van der Waals surface area contributed by atoms with Gasteiger partial charge in [-0.3, -0.25) is 9.69 Å². The van der Waals surface area contributed by atoms with Crippen LogP contribution in [-0.2, 0) is 4.79 Å². The average molecular weight is 203 g/mol. The largest absolute Gasteiger partial charge is 0.392 e. The second kappa shape index (κ2) is 4.44. The van der Waals surface area contributed by atoms with Gasteiger partial charge in [-0.15, -0.1) is 0 Å². The summed E-state index contributed by atoms with van der Waals surface area (Å²) in [5, 5.41) is 9.63. The van der Waals surface area contributed by atoms with Crippen molar-refractivity contribution in [3.8, 4) is 0 Å². The summed E-state index contributed by atoms with van der Waals surface area (Å²) >= 11 is 1.25. The topological polar surface area (TPSA) is 40.5 Å². The third-order valence-corrected chi connectivity index (χ3v) is 3.13. The molecule has 2 atom stereocenters. The first-order valence-electron chi connectivity index (χ1n) is 4.58. The molecule has 0 bridgehead atoms. The van der Waals surface area contributed by atoms with E-state index in [-0.39, 0.29) is 17.3 Å². The highest BCUT2D eigenvalue weighted by atomic mass is 32.2. The van der Waals surface area contributed by atoms with Gasteiger partial charge in [0, 0.05) is 12.6 Å². The molecule has 0 aromatic rings. The van der Waals surface area contributed by atoms with Crippen molar-refractivity contribution < 1.29 is 9.90 Å². The SMILES string of the molecule is CSC(=O)C1CC(O)CN1C(C)C. The van der Waals surface area contributed by atoms with E-state index in [2.05, 4.69) is 18.7 Å². The Morgan fingerprint density at radius 3 is 2.69 bits per heavy atom. The van der Waals surface area contributed by atoms with Gasteiger partial charge >= 0.3 is 0 Å². The maximum atomic E-state index is 11.5. The molecule has 3 nitrogen and oxygen atoms in total. The van der Waals surface area contributed by atoms with Crippen LogP contribution in [0.25, 0.3) is 0 Å². The van der Waals surface area contributed by atoms with Gasteiger partial charge in [-0.05, 0) is 26.5 Å². The number of rotatable bonds is 2. The summed E-state index contributed by atoms with van der Waals surface area (Å²) in [7, 11) is 0. The standard InChI is InChI=1S/C9H17NO2S/c1-6(2)10-5-7(11)4-8(10)9(12)13-3/h6-8,11H,4-5H2,1-3H3. The molecule has 1 fully saturated rings. The maximum Gasteiger partial charge on any atom is 0.205 e. The minimum Gasteiger partial charge on any atom is -0.392 e. The van der Waals surface area contributed by atoms with Crippen LogP contribution >= 0.6 is 11.8 Å². The summed E-state index contributed by atoms with van der Waals surface area (Å²) < 4.78 is 0. The normalized spacial score (nSPS) is 29.9. The number of carbonyl (C=O) groups excluding carboxylic acids is 1. The molecule has 2 unspecified atom stereocenters. The Hall–Kier alpha value is -0.0600. The van der Waals surface area contributed by atoms with Crippen LogP contribution in [0.1, 0.15) is 20.3 Å². The van der Waals surface area contributed by atoms with Crippen LogP contribution in [0, 0.1) is 0 Å². The van der Waals surface area contributed by atoms with E-state index < -0.39 is 0 Å². The fraction of sp³-hybridized carbons (Fsp3) is 0.889. The predicted molar refractivity (Wildman–Crippen MR) is 54.8 cm³/mol. The van der Waals surface area contributed by atoms with Gasteiger partial charge in [0.2, 0.25) is 5.12 Å². The van der Waals surface area contributed by atoms with E-state index in [4.69, 9.17) is 0 Å². The Labute approximate surface area is 83.5 Å². The van der Waals surface area contributed by atoms with Crippen molar-refractivity contribution in [3.63, 3.8) is 0 Å². The van der Waals surface area contributed by atoms with Crippen molar-refractivity contribution in [2.24, 2.45) is 0 Å². The lowest BCUT2D eigenvalue weighted by molar-refractivity contribution is -0.115. The maximum absolute atomic E-state index is 11.5. The van der Waals surface area contributed by atoms with Crippen LogP contribution < -0.4 is 0 Å². The smallest absolute Gasteiger partial charge is 0.205 e. The van der Waals surface area contributed by atoms with Gasteiger partial charge in [-0.1, -0.05) is 11.8 Å². The molecular weight excluding hydrogens is 186 g/mol. The molecule has 1 aliphatic heterocycles. The number of aliphatic hydroxyl groups is 1. The predicted octanol–water partition coefficient (Wildman–Crippen LogP) is 0.720. The molecule has 1 heterocycles. The molecule has 0 aromatic carbocycles. The Bertz CT molecular complexity index is 196. The molecule has 1 saturated heterocycles. The number of aliphatic hydroxyl groups excluding tert-OH is 1. The van der Waals surface area contributed by atoms with Crippen LogP contribution in [0.5, 0.6) is 0 Å². The molecule has 76 valence electrons. The molecule has 1 rings (SSSR count). The molecule has 0 aromatic heterocycles. The molecule has 0 amide bonds. The summed E-state index contributed by atoms with van der Waals surface area (Å²) in [6.45, 7) is 4.74. The van der Waals surface area contributed by atoms with Gasteiger partial charge in [0.25, 0.3) is 0 Å². The number of hydrogen-bond acceptors (Lipinski definition) is 4. The molecule has 1 N–H and O–H groups in total. The minimum absolute atomic E-state index is 0.0787. The van der Waals surface area contributed by atoms with Gasteiger partial charge in [0.05, 0.1) is 12.1 Å². The first kappa shape index (κ1) is 11.0. The highest BCUT2D eigenvalue weighted by Crippen LogP contribution is 2.23. The van der Waals surface area contributed by atoms with E-state index in [0.717, 1.165) is 0 Å². The number of carbonyl (C=O) groups is 1. The van der Waals surface area contributed by atoms with Gasteiger partial charge < -0.3 is 5.11 Å². The molecule has 13 heavy (non-hydrogen) atoms. The van der Waals surface area contributed by atoms with Crippen LogP contribution in [0.3, 0.4) is 0 Å². The van der Waals surface area contributed by atoms with Gasteiger partial charge in [0.1, 0.15) is 0 Å². The van der Waals surface area contributed by atoms with Gasteiger partial charge in [0.15, 0.2) is 0 Å². The lowest BCUT2D eigenvalue weighted by Crippen LogP contribution is -2.39. The van der Waals surface area contributed by atoms with Crippen molar-refractivity contribution in [1.29, 1.82) is 0 Å². The highest BCUT2D eigenvalue weighted by molar-refractivity contribution is 8.13. The summed E-state index contributed by atoms with van der Waals surface area (Å²) in [6, 6.07) is 0.253. The van der Waals surface area contributed by atoms with Crippen molar-refractivity contribution >= 4 is 16.9 Å². The second-order valence-corrected chi connectivity index (χ2v) is 4.53.